The number of carbonyl (C=O) groups excluding carboxylic acids is 3. The van der Waals surface area contributed by atoms with E-state index in [4.69, 9.17) is 0 Å². The van der Waals surface area contributed by atoms with Crippen molar-refractivity contribution in [1.82, 2.24) is 20.4 Å². The summed E-state index contributed by atoms with van der Waals surface area (Å²) in [5.41, 5.74) is 2.06. The molecule has 0 saturated carbocycles. The number of hydrogen-bond donors (Lipinski definition) is 2. The summed E-state index contributed by atoms with van der Waals surface area (Å²) in [5.74, 6) is -0.0359. The molecule has 1 heterocycles. The largest absolute Gasteiger partial charge is 0.356 e. The van der Waals surface area contributed by atoms with E-state index in [1.54, 1.807) is 6.08 Å². The van der Waals surface area contributed by atoms with Crippen molar-refractivity contribution in [1.29, 1.82) is 0 Å². The number of nitrogens with zero attached hydrogens (tertiary/aromatic N) is 2. The molecule has 1 saturated heterocycles. The normalized spacial score (nSPS) is 19.6. The second kappa shape index (κ2) is 16.3. The van der Waals surface area contributed by atoms with Crippen LogP contribution in [0.5, 0.6) is 0 Å². The Morgan fingerprint density at radius 2 is 1.46 bits per heavy atom. The lowest BCUT2D eigenvalue weighted by Gasteiger charge is -2.23. The van der Waals surface area contributed by atoms with Gasteiger partial charge in [0.05, 0.1) is 0 Å². The van der Waals surface area contributed by atoms with E-state index < -0.39 is 0 Å². The summed E-state index contributed by atoms with van der Waals surface area (Å²) in [6.45, 7) is 3.90. The van der Waals surface area contributed by atoms with Crippen LogP contribution in [0.15, 0.2) is 66.7 Å². The van der Waals surface area contributed by atoms with E-state index >= 15 is 0 Å². The van der Waals surface area contributed by atoms with Gasteiger partial charge in [0, 0.05) is 51.3 Å². The van der Waals surface area contributed by atoms with E-state index in [-0.39, 0.29) is 17.9 Å². The quantitative estimate of drug-likeness (QED) is 0.490. The van der Waals surface area contributed by atoms with Crippen LogP contribution in [0, 0.1) is 0 Å². The van der Waals surface area contributed by atoms with E-state index in [9.17, 15) is 14.4 Å². The van der Waals surface area contributed by atoms with Crippen molar-refractivity contribution in [3.05, 3.63) is 77.9 Å². The molecule has 0 bridgehead atoms. The first-order valence-corrected chi connectivity index (χ1v) is 13.4. The van der Waals surface area contributed by atoms with Crippen LogP contribution in [-0.4, -0.2) is 67.3 Å². The third-order valence-corrected chi connectivity index (χ3v) is 6.58. The van der Waals surface area contributed by atoms with Crippen LogP contribution in [0.2, 0.25) is 0 Å². The fourth-order valence-corrected chi connectivity index (χ4v) is 4.49. The lowest BCUT2D eigenvalue weighted by molar-refractivity contribution is -0.126. The Kier molecular flexibility index (Phi) is 12.4. The smallest absolute Gasteiger partial charge is 0.246 e. The van der Waals surface area contributed by atoms with Gasteiger partial charge in [-0.1, -0.05) is 60.7 Å². The van der Waals surface area contributed by atoms with Crippen LogP contribution in [0.4, 0.5) is 0 Å². The van der Waals surface area contributed by atoms with Gasteiger partial charge in [-0.25, -0.2) is 0 Å². The van der Waals surface area contributed by atoms with E-state index in [0.717, 1.165) is 56.3 Å². The molecule has 3 rings (SSSR count). The van der Waals surface area contributed by atoms with Crippen molar-refractivity contribution in [2.75, 3.05) is 39.3 Å². The third-order valence-electron chi connectivity index (χ3n) is 6.58. The first-order chi connectivity index (χ1) is 18.2. The maximum Gasteiger partial charge on any atom is 0.246 e. The van der Waals surface area contributed by atoms with Crippen molar-refractivity contribution in [3.63, 3.8) is 0 Å². The highest BCUT2D eigenvalue weighted by Gasteiger charge is 2.16. The molecule has 1 unspecified atom stereocenters. The molecular formula is C30H40N4O3. The molecule has 0 aromatic heterocycles. The highest BCUT2D eigenvalue weighted by atomic mass is 16.2. The van der Waals surface area contributed by atoms with Gasteiger partial charge in [-0.15, -0.1) is 0 Å². The molecule has 37 heavy (non-hydrogen) atoms. The molecular weight excluding hydrogens is 464 g/mol. The van der Waals surface area contributed by atoms with Gasteiger partial charge in [-0.2, -0.15) is 0 Å². The Bertz CT molecular complexity index is 981. The minimum atomic E-state index is -0.0917. The first kappa shape index (κ1) is 28.1. The van der Waals surface area contributed by atoms with Crippen LogP contribution in [0.3, 0.4) is 0 Å². The Labute approximate surface area is 220 Å². The van der Waals surface area contributed by atoms with Crippen LogP contribution in [0.1, 0.15) is 55.7 Å². The molecule has 2 aromatic carbocycles. The Balaban J connectivity index is 1.62. The molecule has 2 N–H and O–H groups in total. The van der Waals surface area contributed by atoms with Crippen molar-refractivity contribution in [3.8, 4) is 0 Å². The van der Waals surface area contributed by atoms with Gasteiger partial charge in [-0.3, -0.25) is 14.4 Å². The molecule has 1 atom stereocenters. The van der Waals surface area contributed by atoms with Gasteiger partial charge in [0.2, 0.25) is 18.2 Å². The summed E-state index contributed by atoms with van der Waals surface area (Å²) in [5, 5.41) is 6.53. The molecule has 1 aliphatic heterocycles. The van der Waals surface area contributed by atoms with Gasteiger partial charge in [-0.05, 0) is 55.9 Å². The number of hydrogen-bond acceptors (Lipinski definition) is 4. The van der Waals surface area contributed by atoms with Gasteiger partial charge < -0.3 is 20.4 Å². The predicted molar refractivity (Wildman–Crippen MR) is 148 cm³/mol. The summed E-state index contributed by atoms with van der Waals surface area (Å²) in [4.78, 5) is 40.9. The van der Waals surface area contributed by atoms with Crippen molar-refractivity contribution in [2.24, 2.45) is 0 Å². The molecule has 7 heteroatoms. The molecule has 0 aliphatic carbocycles. The zero-order valence-corrected chi connectivity index (χ0v) is 21.7. The maximum absolute atomic E-state index is 12.9. The molecule has 1 fully saturated rings. The third kappa shape index (κ3) is 10.6. The maximum atomic E-state index is 12.9. The Morgan fingerprint density at radius 1 is 0.811 bits per heavy atom. The fourth-order valence-electron chi connectivity index (χ4n) is 4.49. The summed E-state index contributed by atoms with van der Waals surface area (Å²) >= 11 is 0. The van der Waals surface area contributed by atoms with Gasteiger partial charge in [0.1, 0.15) is 0 Å². The predicted octanol–water partition coefficient (Wildman–Crippen LogP) is 3.79. The minimum Gasteiger partial charge on any atom is -0.356 e. The number of benzene rings is 2. The molecule has 7 nitrogen and oxygen atoms in total. The second-order valence-corrected chi connectivity index (χ2v) is 9.45. The van der Waals surface area contributed by atoms with E-state index in [0.29, 0.717) is 39.0 Å². The van der Waals surface area contributed by atoms with Crippen LogP contribution in [-0.2, 0) is 14.4 Å². The van der Waals surface area contributed by atoms with Crippen molar-refractivity contribution in [2.45, 2.75) is 44.6 Å². The average molecular weight is 505 g/mol. The number of rotatable bonds is 4. The monoisotopic (exact) mass is 504 g/mol. The number of amides is 3. The lowest BCUT2D eigenvalue weighted by Crippen LogP contribution is -2.36. The van der Waals surface area contributed by atoms with Crippen LogP contribution < -0.4 is 10.6 Å². The average Bonchev–Trinajstić information content (AvgIpc) is 2.93. The first-order valence-electron chi connectivity index (χ1n) is 13.4. The molecule has 3 amide bonds. The summed E-state index contributed by atoms with van der Waals surface area (Å²) in [6.07, 6.45) is 8.98. The summed E-state index contributed by atoms with van der Waals surface area (Å²) in [7, 11) is 0. The van der Waals surface area contributed by atoms with Crippen LogP contribution >= 0.6 is 0 Å². The molecule has 0 radical (unpaired) electrons. The van der Waals surface area contributed by atoms with Gasteiger partial charge >= 0.3 is 0 Å². The van der Waals surface area contributed by atoms with Crippen molar-refractivity contribution >= 4 is 24.3 Å². The van der Waals surface area contributed by atoms with E-state index in [2.05, 4.69) is 10.6 Å². The number of carbonyl (C=O) groups is 3. The second-order valence-electron chi connectivity index (χ2n) is 9.45. The fraction of sp³-hybridized carbons (Fsp3) is 0.433. The highest BCUT2D eigenvalue weighted by Crippen LogP contribution is 2.16. The topological polar surface area (TPSA) is 81.8 Å². The lowest BCUT2D eigenvalue weighted by atomic mass is 10.0. The zero-order valence-electron chi connectivity index (χ0n) is 21.7. The number of nitrogens with one attached hydrogen (secondary N) is 2. The molecule has 198 valence electrons. The zero-order chi connectivity index (χ0) is 26.1. The van der Waals surface area contributed by atoms with Gasteiger partial charge in [0.25, 0.3) is 0 Å². The highest BCUT2D eigenvalue weighted by molar-refractivity contribution is 5.91. The summed E-state index contributed by atoms with van der Waals surface area (Å²) in [6, 6.07) is 19.7. The minimum absolute atomic E-state index is 0.0150. The van der Waals surface area contributed by atoms with Crippen molar-refractivity contribution < 1.29 is 14.4 Å². The summed E-state index contributed by atoms with van der Waals surface area (Å²) < 4.78 is 0. The SMILES string of the molecule is O=CN1CCCCCN(C(=O)/C=C\c2ccccc2)CCCNC(=O)CC(c2ccccc2)NCCC1. The van der Waals surface area contributed by atoms with Gasteiger partial charge in [0.15, 0.2) is 0 Å². The Morgan fingerprint density at radius 3 is 2.22 bits per heavy atom. The van der Waals surface area contributed by atoms with Crippen LogP contribution in [0.25, 0.3) is 6.08 Å². The molecule has 1 aliphatic rings. The standard InChI is InChI=1S/C30H40N4O3/c35-25-33-20-8-3-9-22-34(30(37)17-16-26-12-4-1-5-13-26)23-11-19-32-29(36)24-28(31-18-10-21-33)27-14-6-2-7-15-27/h1-2,4-7,12-17,25,28,31H,3,8-11,18-24H2,(H,32,36)/b17-16-. The van der Waals surface area contributed by atoms with E-state index in [1.165, 1.54) is 0 Å². The Hall–Kier alpha value is -3.45. The molecule has 2 aromatic rings. The van der Waals surface area contributed by atoms with E-state index in [1.807, 2.05) is 76.5 Å². The molecule has 0 spiro atoms.